The van der Waals surface area contributed by atoms with Crippen molar-refractivity contribution in [3.05, 3.63) is 42.0 Å². The first-order valence-electron chi connectivity index (χ1n) is 6.45. The lowest BCUT2D eigenvalue weighted by Gasteiger charge is -2.25. The predicted octanol–water partition coefficient (Wildman–Crippen LogP) is -1.22. The van der Waals surface area contributed by atoms with E-state index < -0.39 is 38.8 Å². The number of aliphatic hydroxyl groups is 4. The molecule has 1 aromatic rings. The molecule has 0 aliphatic heterocycles. The molecule has 0 aromatic heterocycles. The molecule has 1 aromatic carbocycles. The minimum atomic E-state index is -4.11. The van der Waals surface area contributed by atoms with Gasteiger partial charge in [0.25, 0.3) is 11.8 Å². The SMILES string of the molecule is C=C(C(=O)NC(O)(O)CS(=O)(=O)c1ccc(C)cc1)C(C)(O)O. The molecule has 0 radical (unpaired) electrons. The normalized spacial score (nSPS) is 12.8. The fourth-order valence-electron chi connectivity index (χ4n) is 1.60. The van der Waals surface area contributed by atoms with E-state index in [9.17, 15) is 33.6 Å². The summed E-state index contributed by atoms with van der Waals surface area (Å²) in [5, 5.41) is 39.4. The van der Waals surface area contributed by atoms with Crippen molar-refractivity contribution in [2.75, 3.05) is 5.75 Å². The molecule has 1 rings (SSSR count). The summed E-state index contributed by atoms with van der Waals surface area (Å²) < 4.78 is 24.2. The lowest BCUT2D eigenvalue weighted by Crippen LogP contribution is -2.55. The van der Waals surface area contributed by atoms with E-state index in [0.29, 0.717) is 0 Å². The molecule has 8 nitrogen and oxygen atoms in total. The molecule has 0 spiro atoms. The molecule has 0 saturated carbocycles. The average Bonchev–Trinajstić information content (AvgIpc) is 2.35. The molecule has 0 bridgehead atoms. The van der Waals surface area contributed by atoms with Gasteiger partial charge in [0, 0.05) is 0 Å². The summed E-state index contributed by atoms with van der Waals surface area (Å²) in [5.41, 5.74) is 0.0377. The van der Waals surface area contributed by atoms with Crippen molar-refractivity contribution in [3.63, 3.8) is 0 Å². The van der Waals surface area contributed by atoms with Gasteiger partial charge in [-0.25, -0.2) is 8.42 Å². The second kappa shape index (κ2) is 6.38. The van der Waals surface area contributed by atoms with Crippen molar-refractivity contribution in [2.45, 2.75) is 30.4 Å². The van der Waals surface area contributed by atoms with E-state index in [-0.39, 0.29) is 4.90 Å². The number of carbonyl (C=O) groups excluding carboxylic acids is 1. The van der Waals surface area contributed by atoms with Crippen LogP contribution in [0.1, 0.15) is 12.5 Å². The number of aryl methyl sites for hydroxylation is 1. The Morgan fingerprint density at radius 1 is 1.17 bits per heavy atom. The largest absolute Gasteiger partial charge is 0.362 e. The molecule has 1 amide bonds. The maximum atomic E-state index is 12.1. The Morgan fingerprint density at radius 2 is 1.65 bits per heavy atom. The van der Waals surface area contributed by atoms with E-state index in [0.717, 1.165) is 12.5 Å². The van der Waals surface area contributed by atoms with Crippen LogP contribution in [0.5, 0.6) is 0 Å². The molecule has 5 N–H and O–H groups in total. The summed E-state index contributed by atoms with van der Waals surface area (Å²) >= 11 is 0. The highest BCUT2D eigenvalue weighted by Gasteiger charge is 2.36. The summed E-state index contributed by atoms with van der Waals surface area (Å²) in [7, 11) is -4.11. The number of sulfone groups is 1. The Bertz CT molecular complexity index is 700. The van der Waals surface area contributed by atoms with Crippen molar-refractivity contribution in [3.8, 4) is 0 Å². The third-order valence-electron chi connectivity index (χ3n) is 2.93. The van der Waals surface area contributed by atoms with Gasteiger partial charge in [0.05, 0.1) is 10.5 Å². The van der Waals surface area contributed by atoms with Gasteiger partial charge >= 0.3 is 0 Å². The quantitative estimate of drug-likeness (QED) is 0.321. The zero-order valence-electron chi connectivity index (χ0n) is 12.6. The summed E-state index contributed by atoms with van der Waals surface area (Å²) in [6.07, 6.45) is 0. The van der Waals surface area contributed by atoms with Gasteiger partial charge in [0.1, 0.15) is 5.75 Å². The fraction of sp³-hybridized carbons (Fsp3) is 0.357. The number of rotatable bonds is 6. The van der Waals surface area contributed by atoms with E-state index in [1.807, 2.05) is 0 Å². The minimum Gasteiger partial charge on any atom is -0.362 e. The van der Waals surface area contributed by atoms with Crippen LogP contribution < -0.4 is 5.32 Å². The van der Waals surface area contributed by atoms with Crippen LogP contribution in [0.15, 0.2) is 41.3 Å². The number of amides is 1. The standard InChI is InChI=1S/C14H19NO7S/c1-9-4-6-11(7-5-9)23(21,22)8-14(19,20)15-12(16)10(2)13(3,17)18/h4-7,17-20H,2,8H2,1,3H3,(H,15,16). The third kappa shape index (κ3) is 5.41. The Balaban J connectivity index is 2.91. The topological polar surface area (TPSA) is 144 Å². The molecule has 128 valence electrons. The molecule has 0 aliphatic rings. The number of hydrogen-bond donors (Lipinski definition) is 5. The van der Waals surface area contributed by atoms with Crippen molar-refractivity contribution in [1.29, 1.82) is 0 Å². The highest BCUT2D eigenvalue weighted by atomic mass is 32.2. The van der Waals surface area contributed by atoms with Crippen LogP contribution in [0.2, 0.25) is 0 Å². The highest BCUT2D eigenvalue weighted by Crippen LogP contribution is 2.16. The Morgan fingerprint density at radius 3 is 2.09 bits per heavy atom. The van der Waals surface area contributed by atoms with Crippen molar-refractivity contribution in [2.24, 2.45) is 0 Å². The molecular formula is C14H19NO7S. The van der Waals surface area contributed by atoms with Gasteiger partial charge in [-0.1, -0.05) is 24.3 Å². The van der Waals surface area contributed by atoms with Crippen molar-refractivity contribution < 1.29 is 33.6 Å². The Labute approximate surface area is 133 Å². The first-order chi connectivity index (χ1) is 10.2. The van der Waals surface area contributed by atoms with Gasteiger partial charge in [-0.05, 0) is 26.0 Å². The zero-order chi connectivity index (χ0) is 18.1. The van der Waals surface area contributed by atoms with Crippen molar-refractivity contribution >= 4 is 15.7 Å². The summed E-state index contributed by atoms with van der Waals surface area (Å²) in [6.45, 7) is 5.69. The molecule has 0 atom stereocenters. The van der Waals surface area contributed by atoms with Crippen LogP contribution in [-0.2, 0) is 14.6 Å². The second-order valence-electron chi connectivity index (χ2n) is 5.34. The monoisotopic (exact) mass is 345 g/mol. The smallest absolute Gasteiger partial charge is 0.261 e. The summed E-state index contributed by atoms with van der Waals surface area (Å²) in [5.74, 6) is -8.25. The average molecular weight is 345 g/mol. The second-order valence-corrected chi connectivity index (χ2v) is 7.33. The van der Waals surface area contributed by atoms with Crippen LogP contribution in [0.3, 0.4) is 0 Å². The Hall–Kier alpha value is -1.78. The summed E-state index contributed by atoms with van der Waals surface area (Å²) in [4.78, 5) is 11.5. The van der Waals surface area contributed by atoms with E-state index in [4.69, 9.17) is 0 Å². The Kier molecular flexibility index (Phi) is 5.34. The number of carbonyl (C=O) groups is 1. The van der Waals surface area contributed by atoms with Gasteiger partial charge in [-0.3, -0.25) is 4.79 Å². The lowest BCUT2D eigenvalue weighted by atomic mass is 10.1. The number of hydrogen-bond acceptors (Lipinski definition) is 7. The first kappa shape index (κ1) is 19.3. The molecule has 23 heavy (non-hydrogen) atoms. The fourth-order valence-corrected chi connectivity index (χ4v) is 2.92. The maximum absolute atomic E-state index is 12.1. The lowest BCUT2D eigenvalue weighted by molar-refractivity contribution is -0.177. The highest BCUT2D eigenvalue weighted by molar-refractivity contribution is 7.91. The molecule has 0 heterocycles. The van der Waals surface area contributed by atoms with Crippen LogP contribution in [-0.4, -0.2) is 52.2 Å². The van der Waals surface area contributed by atoms with Crippen LogP contribution in [0.4, 0.5) is 0 Å². The predicted molar refractivity (Wildman–Crippen MR) is 80.5 cm³/mol. The first-order valence-corrected chi connectivity index (χ1v) is 8.11. The van der Waals surface area contributed by atoms with Gasteiger partial charge in [-0.15, -0.1) is 0 Å². The zero-order valence-corrected chi connectivity index (χ0v) is 13.5. The molecular weight excluding hydrogens is 326 g/mol. The number of benzene rings is 1. The maximum Gasteiger partial charge on any atom is 0.261 e. The van der Waals surface area contributed by atoms with E-state index in [1.165, 1.54) is 24.3 Å². The van der Waals surface area contributed by atoms with Crippen molar-refractivity contribution in [1.82, 2.24) is 5.32 Å². The van der Waals surface area contributed by atoms with Gasteiger partial charge in [-0.2, -0.15) is 0 Å². The number of nitrogens with one attached hydrogen (secondary N) is 1. The van der Waals surface area contributed by atoms with Gasteiger partial charge in [0.15, 0.2) is 15.6 Å². The summed E-state index contributed by atoms with van der Waals surface area (Å²) in [6, 6.07) is 5.65. The van der Waals surface area contributed by atoms with Gasteiger partial charge in [0.2, 0.25) is 0 Å². The van der Waals surface area contributed by atoms with E-state index in [1.54, 1.807) is 12.2 Å². The van der Waals surface area contributed by atoms with E-state index >= 15 is 0 Å². The van der Waals surface area contributed by atoms with Gasteiger partial charge < -0.3 is 25.7 Å². The molecule has 0 fully saturated rings. The molecule has 0 aliphatic carbocycles. The van der Waals surface area contributed by atoms with E-state index in [2.05, 4.69) is 6.58 Å². The third-order valence-corrected chi connectivity index (χ3v) is 4.70. The van der Waals surface area contributed by atoms with Crippen LogP contribution in [0, 0.1) is 6.92 Å². The molecule has 0 saturated heterocycles. The minimum absolute atomic E-state index is 0.155. The van der Waals surface area contributed by atoms with Crippen LogP contribution >= 0.6 is 0 Å². The molecule has 9 heteroatoms. The molecule has 0 unspecified atom stereocenters. The van der Waals surface area contributed by atoms with Crippen LogP contribution in [0.25, 0.3) is 0 Å².